The molecule has 0 aliphatic carbocycles. The minimum Gasteiger partial charge on any atom is -0.143 e. The van der Waals surface area contributed by atoms with Gasteiger partial charge in [0.2, 0.25) is 0 Å². The minimum absolute atomic E-state index is 0.498. The molecule has 2 rings (SSSR count). The van der Waals surface area contributed by atoms with Crippen LogP contribution in [0.5, 0.6) is 0 Å². The molecule has 0 amide bonds. The molecular formula is C15H24N4S2. The van der Waals surface area contributed by atoms with E-state index in [2.05, 4.69) is 46.9 Å². The summed E-state index contributed by atoms with van der Waals surface area (Å²) in [4.78, 5) is 2.72. The zero-order valence-corrected chi connectivity index (χ0v) is 14.9. The first-order chi connectivity index (χ1) is 10.2. The standard InChI is InChI=1S/C15H24N4S2/c1-5-7-12-14(20-18-16-12)10(3)9-11(4)15-13(8-6-2)17-19-21-15/h10-11H,5-9H2,1-4H3. The first-order valence-corrected chi connectivity index (χ1v) is 9.34. The number of hydrogen-bond donors (Lipinski definition) is 0. The third-order valence-electron chi connectivity index (χ3n) is 3.75. The molecule has 0 aliphatic rings. The summed E-state index contributed by atoms with van der Waals surface area (Å²) in [7, 11) is 0. The summed E-state index contributed by atoms with van der Waals surface area (Å²) in [6.07, 6.45) is 5.43. The largest absolute Gasteiger partial charge is 0.143 e. The van der Waals surface area contributed by atoms with E-state index in [0.717, 1.165) is 32.1 Å². The van der Waals surface area contributed by atoms with Crippen molar-refractivity contribution in [2.45, 2.75) is 71.6 Å². The summed E-state index contributed by atoms with van der Waals surface area (Å²) in [5.41, 5.74) is 2.39. The van der Waals surface area contributed by atoms with Gasteiger partial charge in [-0.05, 0) is 54.2 Å². The Morgan fingerprint density at radius 2 is 1.24 bits per heavy atom. The molecule has 0 saturated carbocycles. The van der Waals surface area contributed by atoms with Crippen LogP contribution in [0.1, 0.15) is 79.9 Å². The molecule has 0 N–H and O–H groups in total. The second-order valence-corrected chi connectivity index (χ2v) is 7.28. The van der Waals surface area contributed by atoms with Crippen molar-refractivity contribution < 1.29 is 0 Å². The number of nitrogens with zero attached hydrogens (tertiary/aromatic N) is 4. The van der Waals surface area contributed by atoms with Crippen LogP contribution in [0.2, 0.25) is 0 Å². The molecule has 0 radical (unpaired) electrons. The van der Waals surface area contributed by atoms with Crippen molar-refractivity contribution in [1.82, 2.24) is 19.2 Å². The molecule has 0 saturated heterocycles. The van der Waals surface area contributed by atoms with E-state index in [1.807, 2.05) is 0 Å². The Balaban J connectivity index is 2.06. The van der Waals surface area contributed by atoms with Crippen LogP contribution >= 0.6 is 23.1 Å². The van der Waals surface area contributed by atoms with Crippen molar-refractivity contribution in [1.29, 1.82) is 0 Å². The Kier molecular flexibility index (Phi) is 6.23. The van der Waals surface area contributed by atoms with Gasteiger partial charge in [0, 0.05) is 0 Å². The lowest BCUT2D eigenvalue weighted by Crippen LogP contribution is -2.03. The third kappa shape index (κ3) is 4.07. The van der Waals surface area contributed by atoms with Crippen molar-refractivity contribution >= 4 is 23.1 Å². The predicted molar refractivity (Wildman–Crippen MR) is 89.3 cm³/mol. The van der Waals surface area contributed by atoms with Gasteiger partial charge < -0.3 is 0 Å². The van der Waals surface area contributed by atoms with E-state index < -0.39 is 0 Å². The Labute approximate surface area is 135 Å². The van der Waals surface area contributed by atoms with Gasteiger partial charge in [0.1, 0.15) is 0 Å². The Hall–Kier alpha value is -0.880. The van der Waals surface area contributed by atoms with E-state index in [0.29, 0.717) is 11.8 Å². The van der Waals surface area contributed by atoms with Gasteiger partial charge in [-0.25, -0.2) is 0 Å². The molecule has 0 fully saturated rings. The Morgan fingerprint density at radius 3 is 1.62 bits per heavy atom. The third-order valence-corrected chi connectivity index (χ3v) is 5.74. The molecule has 21 heavy (non-hydrogen) atoms. The average Bonchev–Trinajstić information content (AvgIpc) is 3.08. The molecule has 0 aromatic carbocycles. The van der Waals surface area contributed by atoms with Gasteiger partial charge in [0.15, 0.2) is 0 Å². The van der Waals surface area contributed by atoms with Gasteiger partial charge in [-0.1, -0.05) is 49.5 Å². The SMILES string of the molecule is CCCc1nnsc1C(C)CC(C)c1snnc1CCC. The van der Waals surface area contributed by atoms with Crippen molar-refractivity contribution in [2.24, 2.45) is 0 Å². The number of rotatable bonds is 8. The number of hydrogen-bond acceptors (Lipinski definition) is 6. The molecule has 2 unspecified atom stereocenters. The van der Waals surface area contributed by atoms with Crippen molar-refractivity contribution in [2.75, 3.05) is 0 Å². The maximum absolute atomic E-state index is 4.29. The molecule has 2 atom stereocenters. The molecule has 0 aliphatic heterocycles. The van der Waals surface area contributed by atoms with Crippen LogP contribution in [0.15, 0.2) is 0 Å². The van der Waals surface area contributed by atoms with E-state index in [1.165, 1.54) is 21.1 Å². The fourth-order valence-electron chi connectivity index (χ4n) is 2.74. The molecule has 2 aromatic heterocycles. The van der Waals surface area contributed by atoms with Crippen LogP contribution in [0.25, 0.3) is 0 Å². The lowest BCUT2D eigenvalue weighted by molar-refractivity contribution is 0.594. The summed E-state index contributed by atoms with van der Waals surface area (Å²) < 4.78 is 8.30. The molecule has 2 heterocycles. The number of aryl methyl sites for hydroxylation is 2. The summed E-state index contributed by atoms with van der Waals surface area (Å²) in [5, 5.41) is 8.58. The van der Waals surface area contributed by atoms with E-state index in [1.54, 1.807) is 23.1 Å². The van der Waals surface area contributed by atoms with Crippen LogP contribution < -0.4 is 0 Å². The maximum Gasteiger partial charge on any atom is 0.0790 e. The maximum atomic E-state index is 4.29. The van der Waals surface area contributed by atoms with Crippen LogP contribution in [0.4, 0.5) is 0 Å². The zero-order chi connectivity index (χ0) is 15.2. The first kappa shape index (κ1) is 16.5. The minimum atomic E-state index is 0.498. The number of aromatic nitrogens is 4. The second-order valence-electron chi connectivity index (χ2n) is 5.71. The molecule has 2 aromatic rings. The highest BCUT2D eigenvalue weighted by Crippen LogP contribution is 2.35. The van der Waals surface area contributed by atoms with Crippen LogP contribution in [-0.2, 0) is 12.8 Å². The normalized spacial score (nSPS) is 14.3. The highest BCUT2D eigenvalue weighted by molar-refractivity contribution is 7.06. The highest BCUT2D eigenvalue weighted by atomic mass is 32.1. The van der Waals surface area contributed by atoms with Crippen LogP contribution in [0, 0.1) is 0 Å². The van der Waals surface area contributed by atoms with E-state index in [-0.39, 0.29) is 0 Å². The van der Waals surface area contributed by atoms with Crippen LogP contribution in [-0.4, -0.2) is 19.2 Å². The van der Waals surface area contributed by atoms with E-state index in [4.69, 9.17) is 0 Å². The van der Waals surface area contributed by atoms with E-state index >= 15 is 0 Å². The summed E-state index contributed by atoms with van der Waals surface area (Å²) in [5.74, 6) is 0.997. The molecule has 0 spiro atoms. The van der Waals surface area contributed by atoms with Crippen molar-refractivity contribution in [3.05, 3.63) is 21.1 Å². The Morgan fingerprint density at radius 1 is 0.810 bits per heavy atom. The average molecular weight is 325 g/mol. The van der Waals surface area contributed by atoms with E-state index in [9.17, 15) is 0 Å². The first-order valence-electron chi connectivity index (χ1n) is 7.79. The molecular weight excluding hydrogens is 300 g/mol. The molecule has 116 valence electrons. The molecule has 4 nitrogen and oxygen atoms in total. The topological polar surface area (TPSA) is 51.6 Å². The summed E-state index contributed by atoms with van der Waals surface area (Å²) in [6.45, 7) is 8.96. The summed E-state index contributed by atoms with van der Waals surface area (Å²) >= 11 is 3.12. The molecule has 6 heteroatoms. The van der Waals surface area contributed by atoms with Gasteiger partial charge >= 0.3 is 0 Å². The Bertz CT molecular complexity index is 501. The fraction of sp³-hybridized carbons (Fsp3) is 0.733. The lowest BCUT2D eigenvalue weighted by Gasteiger charge is -2.16. The van der Waals surface area contributed by atoms with Gasteiger partial charge in [0.05, 0.1) is 21.1 Å². The van der Waals surface area contributed by atoms with Gasteiger partial charge in [-0.3, -0.25) is 0 Å². The van der Waals surface area contributed by atoms with Crippen molar-refractivity contribution in [3.63, 3.8) is 0 Å². The van der Waals surface area contributed by atoms with Crippen molar-refractivity contribution in [3.8, 4) is 0 Å². The van der Waals surface area contributed by atoms with Gasteiger partial charge in [-0.15, -0.1) is 10.2 Å². The summed E-state index contributed by atoms with van der Waals surface area (Å²) in [6, 6.07) is 0. The van der Waals surface area contributed by atoms with Gasteiger partial charge in [-0.2, -0.15) is 0 Å². The molecule has 0 bridgehead atoms. The predicted octanol–water partition coefficient (Wildman–Crippen LogP) is 4.59. The monoisotopic (exact) mass is 324 g/mol. The smallest absolute Gasteiger partial charge is 0.0790 e. The second kappa shape index (κ2) is 7.94. The highest BCUT2D eigenvalue weighted by Gasteiger charge is 2.21. The van der Waals surface area contributed by atoms with Crippen LogP contribution in [0.3, 0.4) is 0 Å². The van der Waals surface area contributed by atoms with Gasteiger partial charge in [0.25, 0.3) is 0 Å². The zero-order valence-electron chi connectivity index (χ0n) is 13.3. The fourth-order valence-corrected chi connectivity index (χ4v) is 4.25. The quantitative estimate of drug-likeness (QED) is 0.712. The lowest BCUT2D eigenvalue weighted by atomic mass is 9.92.